The van der Waals surface area contributed by atoms with E-state index < -0.39 is 0 Å². The van der Waals surface area contributed by atoms with Crippen LogP contribution in [0.4, 0.5) is 0 Å². The molecule has 0 bridgehead atoms. The number of rotatable bonds is 3. The summed E-state index contributed by atoms with van der Waals surface area (Å²) in [7, 11) is 0. The predicted molar refractivity (Wildman–Crippen MR) is 61.4 cm³/mol. The molecule has 82 valence electrons. The number of aryl methyl sites for hydroxylation is 2. The summed E-state index contributed by atoms with van der Waals surface area (Å²) in [5.41, 5.74) is 2.33. The summed E-state index contributed by atoms with van der Waals surface area (Å²) in [6.07, 6.45) is 0. The van der Waals surface area contributed by atoms with Crippen molar-refractivity contribution < 1.29 is 4.79 Å². The van der Waals surface area contributed by atoms with Crippen LogP contribution in [0.25, 0.3) is 0 Å². The molecule has 0 radical (unpaired) electrons. The zero-order chi connectivity index (χ0) is 11.4. The maximum Gasteiger partial charge on any atom is 0.270 e. The lowest BCUT2D eigenvalue weighted by Crippen LogP contribution is -2.34. The van der Waals surface area contributed by atoms with E-state index >= 15 is 0 Å². The number of carbonyl (C=O) groups is 1. The maximum atomic E-state index is 11.7. The van der Waals surface area contributed by atoms with Gasteiger partial charge in [-0.3, -0.25) is 4.79 Å². The Morgan fingerprint density at radius 3 is 2.73 bits per heavy atom. The van der Waals surface area contributed by atoms with Gasteiger partial charge >= 0.3 is 0 Å². The molecule has 1 amide bonds. The molecule has 0 spiro atoms. The first-order valence-corrected chi connectivity index (χ1v) is 5.38. The Kier molecular flexibility index (Phi) is 4.09. The van der Waals surface area contributed by atoms with Crippen LogP contribution in [0, 0.1) is 13.8 Å². The lowest BCUT2D eigenvalue weighted by molar-refractivity contribution is 0.0938. The predicted octanol–water partition coefficient (Wildman–Crippen LogP) is 2.06. The van der Waals surface area contributed by atoms with Gasteiger partial charge in [-0.25, -0.2) is 4.98 Å². The Bertz CT molecular complexity index is 345. The Morgan fingerprint density at radius 1 is 1.53 bits per heavy atom. The summed E-state index contributed by atoms with van der Waals surface area (Å²) >= 11 is 5.61. The fourth-order valence-electron chi connectivity index (χ4n) is 1.29. The highest BCUT2D eigenvalue weighted by molar-refractivity contribution is 6.18. The van der Waals surface area contributed by atoms with Crippen molar-refractivity contribution in [2.75, 3.05) is 5.88 Å². The van der Waals surface area contributed by atoms with E-state index in [0.717, 1.165) is 11.3 Å². The largest absolute Gasteiger partial charge is 0.347 e. The quantitative estimate of drug-likeness (QED) is 0.802. The fraction of sp³-hybridized carbons (Fsp3) is 0.455. The third kappa shape index (κ3) is 3.51. The summed E-state index contributed by atoms with van der Waals surface area (Å²) in [4.78, 5) is 15.9. The minimum absolute atomic E-state index is 0.0400. The van der Waals surface area contributed by atoms with Crippen molar-refractivity contribution in [1.82, 2.24) is 10.3 Å². The number of hydrogen-bond donors (Lipinski definition) is 1. The monoisotopic (exact) mass is 226 g/mol. The van der Waals surface area contributed by atoms with Crippen molar-refractivity contribution in [1.29, 1.82) is 0 Å². The highest BCUT2D eigenvalue weighted by atomic mass is 35.5. The van der Waals surface area contributed by atoms with Crippen molar-refractivity contribution in [3.8, 4) is 0 Å². The number of hydrogen-bond acceptors (Lipinski definition) is 2. The van der Waals surface area contributed by atoms with Crippen molar-refractivity contribution in [3.05, 3.63) is 29.1 Å². The molecular weight excluding hydrogens is 212 g/mol. The number of alkyl halides is 1. The number of amides is 1. The summed E-state index contributed by atoms with van der Waals surface area (Å²) < 4.78 is 0. The summed E-state index contributed by atoms with van der Waals surface area (Å²) in [5, 5.41) is 2.77. The number of nitrogens with one attached hydrogen (secondary N) is 1. The van der Waals surface area contributed by atoms with E-state index in [2.05, 4.69) is 10.3 Å². The molecule has 3 nitrogen and oxygen atoms in total. The molecule has 1 atom stereocenters. The van der Waals surface area contributed by atoms with Crippen molar-refractivity contribution in [2.45, 2.75) is 26.8 Å². The van der Waals surface area contributed by atoms with E-state index in [4.69, 9.17) is 11.6 Å². The summed E-state index contributed by atoms with van der Waals surface area (Å²) in [6.45, 7) is 5.67. The van der Waals surface area contributed by atoms with Gasteiger partial charge in [0.05, 0.1) is 0 Å². The first-order valence-electron chi connectivity index (χ1n) is 4.85. The average molecular weight is 227 g/mol. The van der Waals surface area contributed by atoms with E-state index in [-0.39, 0.29) is 11.9 Å². The molecule has 1 N–H and O–H groups in total. The number of nitrogens with zero attached hydrogens (tertiary/aromatic N) is 1. The van der Waals surface area contributed by atoms with E-state index in [9.17, 15) is 4.79 Å². The molecule has 1 unspecified atom stereocenters. The molecule has 0 aromatic carbocycles. The SMILES string of the molecule is Cc1cc(C)nc(C(=O)NC(C)CCl)c1. The van der Waals surface area contributed by atoms with Gasteiger partial charge in [0.2, 0.25) is 0 Å². The topological polar surface area (TPSA) is 42.0 Å². The summed E-state index contributed by atoms with van der Waals surface area (Å²) in [6, 6.07) is 3.66. The molecule has 0 aliphatic carbocycles. The molecule has 1 aromatic rings. The van der Waals surface area contributed by atoms with Crippen molar-refractivity contribution >= 4 is 17.5 Å². The first kappa shape index (κ1) is 12.0. The van der Waals surface area contributed by atoms with Gasteiger partial charge in [-0.2, -0.15) is 0 Å². The normalized spacial score (nSPS) is 12.3. The van der Waals surface area contributed by atoms with Crippen molar-refractivity contribution in [3.63, 3.8) is 0 Å². The number of pyridine rings is 1. The molecule has 0 aliphatic rings. The average Bonchev–Trinajstić information content (AvgIpc) is 2.16. The lowest BCUT2D eigenvalue weighted by atomic mass is 10.2. The molecule has 1 heterocycles. The van der Waals surface area contributed by atoms with Crippen LogP contribution in [-0.2, 0) is 0 Å². The van der Waals surface area contributed by atoms with E-state index in [1.54, 1.807) is 6.07 Å². The van der Waals surface area contributed by atoms with Gasteiger partial charge < -0.3 is 5.32 Å². The number of aromatic nitrogens is 1. The van der Waals surface area contributed by atoms with Crippen LogP contribution in [0.2, 0.25) is 0 Å². The summed E-state index contributed by atoms with van der Waals surface area (Å²) in [5.74, 6) is 0.228. The standard InChI is InChI=1S/C11H15ClN2O/c1-7-4-8(2)13-10(5-7)11(15)14-9(3)6-12/h4-5,9H,6H2,1-3H3,(H,14,15). The molecule has 1 aromatic heterocycles. The lowest BCUT2D eigenvalue weighted by Gasteiger charge is -2.10. The van der Waals surface area contributed by atoms with Gasteiger partial charge in [-0.15, -0.1) is 11.6 Å². The second-order valence-electron chi connectivity index (χ2n) is 3.70. The number of halogens is 1. The minimum atomic E-state index is -0.171. The molecule has 0 aliphatic heterocycles. The Hall–Kier alpha value is -1.09. The minimum Gasteiger partial charge on any atom is -0.347 e. The molecule has 1 rings (SSSR count). The Labute approximate surface area is 94.9 Å². The second kappa shape index (κ2) is 5.12. The fourth-order valence-corrected chi connectivity index (χ4v) is 1.37. The molecule has 0 saturated carbocycles. The van der Waals surface area contributed by atoms with E-state index in [0.29, 0.717) is 11.6 Å². The van der Waals surface area contributed by atoms with Crippen LogP contribution in [0.5, 0.6) is 0 Å². The van der Waals surface area contributed by atoms with Gasteiger partial charge in [-0.05, 0) is 38.5 Å². The third-order valence-corrected chi connectivity index (χ3v) is 2.40. The Balaban J connectivity index is 2.82. The van der Waals surface area contributed by atoms with Crippen LogP contribution in [0.1, 0.15) is 28.7 Å². The van der Waals surface area contributed by atoms with E-state index in [1.807, 2.05) is 26.8 Å². The molecule has 0 fully saturated rings. The van der Waals surface area contributed by atoms with Gasteiger partial charge in [0.15, 0.2) is 0 Å². The van der Waals surface area contributed by atoms with Gasteiger partial charge in [0, 0.05) is 17.6 Å². The van der Waals surface area contributed by atoms with Crippen LogP contribution >= 0.6 is 11.6 Å². The Morgan fingerprint density at radius 2 is 2.20 bits per heavy atom. The van der Waals surface area contributed by atoms with Crippen LogP contribution in [-0.4, -0.2) is 22.8 Å². The third-order valence-electron chi connectivity index (χ3n) is 1.94. The van der Waals surface area contributed by atoms with Gasteiger partial charge in [0.25, 0.3) is 5.91 Å². The molecular formula is C11H15ClN2O. The molecule has 15 heavy (non-hydrogen) atoms. The molecule has 0 saturated heterocycles. The number of carbonyl (C=O) groups excluding carboxylic acids is 1. The zero-order valence-corrected chi connectivity index (χ0v) is 9.93. The van der Waals surface area contributed by atoms with Gasteiger partial charge in [-0.1, -0.05) is 0 Å². The highest BCUT2D eigenvalue weighted by Crippen LogP contribution is 2.04. The zero-order valence-electron chi connectivity index (χ0n) is 9.17. The first-order chi connectivity index (χ1) is 7.02. The van der Waals surface area contributed by atoms with Crippen molar-refractivity contribution in [2.24, 2.45) is 0 Å². The second-order valence-corrected chi connectivity index (χ2v) is 4.01. The maximum absolute atomic E-state index is 11.7. The van der Waals surface area contributed by atoms with Gasteiger partial charge in [0.1, 0.15) is 5.69 Å². The van der Waals surface area contributed by atoms with Crippen LogP contribution < -0.4 is 5.32 Å². The smallest absolute Gasteiger partial charge is 0.270 e. The molecule has 4 heteroatoms. The van der Waals surface area contributed by atoms with E-state index in [1.165, 1.54) is 0 Å². The van der Waals surface area contributed by atoms with Crippen LogP contribution in [0.15, 0.2) is 12.1 Å². The van der Waals surface area contributed by atoms with Crippen LogP contribution in [0.3, 0.4) is 0 Å². The highest BCUT2D eigenvalue weighted by Gasteiger charge is 2.10.